The Labute approximate surface area is 780 Å². The molecule has 30 heteroatoms. The monoisotopic (exact) mass is 1850 g/mol. The zero-order valence-corrected chi connectivity index (χ0v) is 74.3. The van der Waals surface area contributed by atoms with Crippen LogP contribution in [0.25, 0.3) is 0 Å². The third kappa shape index (κ3) is 24.9. The second-order valence-electron chi connectivity index (χ2n) is 32.9. The van der Waals surface area contributed by atoms with Gasteiger partial charge in [-0.1, -0.05) is 257 Å². The van der Waals surface area contributed by atoms with Gasteiger partial charge in [0.25, 0.3) is 0 Å². The summed E-state index contributed by atoms with van der Waals surface area (Å²) in [6, 6.07) is 84.0. The lowest BCUT2D eigenvalue weighted by Crippen LogP contribution is -2.70. The van der Waals surface area contributed by atoms with Gasteiger partial charge in [0.1, 0.15) is 67.6 Å². The predicted octanol–water partition coefficient (Wildman–Crippen LogP) is 14.5. The first kappa shape index (κ1) is 95.8. The molecule has 10 aromatic rings. The summed E-state index contributed by atoms with van der Waals surface area (Å²) >= 11 is 0. The van der Waals surface area contributed by atoms with Crippen LogP contribution in [0.3, 0.4) is 0 Å². The molecule has 10 unspecified atom stereocenters. The molecule has 10 aromatic carbocycles. The second-order valence-corrected chi connectivity index (χ2v) is 32.9. The van der Waals surface area contributed by atoms with Crippen LogP contribution < -0.4 is 0 Å². The van der Waals surface area contributed by atoms with Crippen molar-refractivity contribution in [2.45, 2.75) is 188 Å². The third-order valence-corrected chi connectivity index (χ3v) is 23.5. The van der Waals surface area contributed by atoms with Gasteiger partial charge in [-0.3, -0.25) is 0 Å². The number of ether oxygens (including phenoxy) is 21. The molecule has 0 aromatic heterocycles. The van der Waals surface area contributed by atoms with E-state index in [1.807, 2.05) is 80.6 Å². The highest BCUT2D eigenvalue weighted by Crippen LogP contribution is 2.45. The van der Waals surface area contributed by atoms with Gasteiger partial charge in [0.05, 0.1) is 66.4 Å². The first-order chi connectivity index (χ1) is 66.2. The van der Waals surface area contributed by atoms with Gasteiger partial charge in [0, 0.05) is 37.4 Å². The molecule has 0 aliphatic carbocycles. The molecule has 135 heavy (non-hydrogen) atoms. The van der Waals surface area contributed by atoms with Crippen LogP contribution in [-0.4, -0.2) is 228 Å². The highest BCUT2D eigenvalue weighted by Gasteiger charge is 2.63. The molecule has 6 heterocycles. The molecule has 0 saturated carbocycles. The van der Waals surface area contributed by atoms with Gasteiger partial charge >= 0.3 is 41.9 Å². The lowest BCUT2D eigenvalue weighted by Gasteiger charge is -2.53. The Morgan fingerprint density at radius 1 is 0.333 bits per heavy atom. The van der Waals surface area contributed by atoms with Gasteiger partial charge in [-0.05, 0) is 96.8 Å². The molecule has 0 radical (unpaired) electrons. The van der Waals surface area contributed by atoms with E-state index >= 15 is 24.0 Å². The van der Waals surface area contributed by atoms with Crippen molar-refractivity contribution in [1.82, 2.24) is 4.90 Å². The number of hydrogen-bond acceptors (Lipinski definition) is 29. The minimum absolute atomic E-state index is 0.00182. The lowest BCUT2D eigenvalue weighted by molar-refractivity contribution is -0.411. The van der Waals surface area contributed by atoms with Crippen LogP contribution in [0.2, 0.25) is 0 Å². The maximum Gasteiger partial charge on any atom is 0.410 e. The van der Waals surface area contributed by atoms with Crippen molar-refractivity contribution in [3.63, 3.8) is 0 Å². The van der Waals surface area contributed by atoms with Crippen LogP contribution in [0.15, 0.2) is 303 Å². The highest BCUT2D eigenvalue weighted by molar-refractivity contribution is 5.92. The number of benzene rings is 10. The van der Waals surface area contributed by atoms with E-state index in [0.717, 1.165) is 11.1 Å². The van der Waals surface area contributed by atoms with Crippen LogP contribution in [0.5, 0.6) is 0 Å². The van der Waals surface area contributed by atoms with E-state index in [0.29, 0.717) is 36.8 Å². The molecule has 6 fully saturated rings. The lowest BCUT2D eigenvalue weighted by atomic mass is 9.94. The second kappa shape index (κ2) is 47.7. The van der Waals surface area contributed by atoms with Crippen molar-refractivity contribution >= 4 is 41.9 Å². The molecular weight excluding hydrogens is 1740 g/mol. The first-order valence-corrected chi connectivity index (χ1v) is 45.4. The zero-order valence-electron chi connectivity index (χ0n) is 74.3. The maximum absolute atomic E-state index is 15.8. The van der Waals surface area contributed by atoms with E-state index in [9.17, 15) is 14.7 Å². The van der Waals surface area contributed by atoms with Crippen molar-refractivity contribution in [1.29, 1.82) is 0 Å². The fourth-order valence-corrected chi connectivity index (χ4v) is 16.5. The number of amides is 1. The Kier molecular flexibility index (Phi) is 33.9. The number of fused-ring (bicyclic) bond motifs is 2. The Bertz CT molecular complexity index is 5390. The molecule has 706 valence electrons. The zero-order chi connectivity index (χ0) is 93.2. The third-order valence-electron chi connectivity index (χ3n) is 23.5. The molecule has 6 aliphatic heterocycles. The largest absolute Gasteiger partial charge is 0.452 e. The minimum Gasteiger partial charge on any atom is -0.452 e. The quantitative estimate of drug-likeness (QED) is 0.0213. The van der Waals surface area contributed by atoms with E-state index < -0.39 is 184 Å². The Balaban J connectivity index is 0.829. The maximum atomic E-state index is 15.8. The predicted molar refractivity (Wildman–Crippen MR) is 480 cm³/mol. The number of aliphatic hydroxyl groups excluding tert-OH is 1. The van der Waals surface area contributed by atoms with Crippen molar-refractivity contribution in [3.8, 4) is 0 Å². The van der Waals surface area contributed by atoms with Crippen LogP contribution in [-0.2, 0) is 113 Å². The number of carbonyl (C=O) groups excluding carboxylic acids is 7. The van der Waals surface area contributed by atoms with E-state index in [1.54, 1.807) is 164 Å². The Morgan fingerprint density at radius 2 is 0.652 bits per heavy atom. The number of rotatable bonds is 38. The molecular formula is C105H107NO29. The van der Waals surface area contributed by atoms with Crippen molar-refractivity contribution in [3.05, 3.63) is 359 Å². The van der Waals surface area contributed by atoms with Gasteiger partial charge in [-0.2, -0.15) is 0 Å². The fraction of sp³-hybridized carbons (Fsp3) is 0.362. The SMILES string of the molecule is CCCCOCC1O[C@@H](OC2[C@@H]3OC(c4ccccc4)OCC3O[C@@H](O[C@@H]3C(COCCCC)O[C@@H](OCCN(Cc4ccccc4)C(=O)OCc4ccccc4)[C@@H](OC(=O)c4ccccc4)C3OC(=O)c3ccccc3)[C@H]2OC(=O)c2ccccc2)[C@@H](OC(=O)c2ccccc2)C(OC(=O)c2ccccc2)[C@@H]1O[C@@H]1OC2COC(c3ccccc3)O[C@H]2C(O)[C@@H]1OC(=O)c1ccccc1. The summed E-state index contributed by atoms with van der Waals surface area (Å²) in [5, 5.41) is 13.0. The molecule has 0 bridgehead atoms. The number of nitrogens with zero attached hydrogens (tertiary/aromatic N) is 1. The molecule has 6 saturated heterocycles. The molecule has 16 rings (SSSR count). The number of carbonyl (C=O) groups is 7. The normalized spacial score (nSPS) is 26.9. The average Bonchev–Trinajstić information content (AvgIpc) is 0.740. The van der Waals surface area contributed by atoms with Gasteiger partial charge in [-0.25, -0.2) is 33.6 Å². The number of hydrogen-bond donors (Lipinski definition) is 1. The number of unbranched alkanes of at least 4 members (excludes halogenated alkanes) is 2. The van der Waals surface area contributed by atoms with Gasteiger partial charge in [0.15, 0.2) is 74.4 Å². The van der Waals surface area contributed by atoms with E-state index in [-0.39, 0.29) is 92.7 Å². The summed E-state index contributed by atoms with van der Waals surface area (Å²) in [5.41, 5.74) is 2.79. The average molecular weight is 1850 g/mol. The van der Waals surface area contributed by atoms with Crippen molar-refractivity contribution in [2.24, 2.45) is 0 Å². The summed E-state index contributed by atoms with van der Waals surface area (Å²) in [6.07, 6.45) is -35.1. The van der Waals surface area contributed by atoms with E-state index in [4.69, 9.17) is 99.5 Å². The van der Waals surface area contributed by atoms with Gasteiger partial charge in [0.2, 0.25) is 0 Å². The Morgan fingerprint density at radius 3 is 1.06 bits per heavy atom. The molecule has 1 amide bonds. The van der Waals surface area contributed by atoms with Crippen LogP contribution in [0.4, 0.5) is 4.79 Å². The smallest absolute Gasteiger partial charge is 0.410 e. The summed E-state index contributed by atoms with van der Waals surface area (Å²) in [6.45, 7) is 2.34. The van der Waals surface area contributed by atoms with Crippen molar-refractivity contribution in [2.75, 3.05) is 52.8 Å². The summed E-state index contributed by atoms with van der Waals surface area (Å²) in [7, 11) is 0. The number of aliphatic hydroxyl groups is 1. The molecule has 1 N–H and O–H groups in total. The van der Waals surface area contributed by atoms with Crippen LogP contribution in [0, 0.1) is 0 Å². The first-order valence-electron chi connectivity index (χ1n) is 45.4. The topological polar surface area (TPSA) is 337 Å². The standard InChI is InChI=1S/C105H107NO29/c1-3-5-58-115-63-77-83(87(126-94(109)70-43-23-10-24-44-70)90(128-96(111)72-47-27-12-28-48-72)101(121-77)117-60-57-106(61-67-37-17-7-18-38-67)105(114)120-62-68-39-19-8-20-40-68)134-103-92(130-98(113)74-51-31-14-32-52-74)89(85-80(124-103)66-119-100(132-85)76-55-35-16-36-56-76)135-104-91(129-97(112)73-49-29-13-30-50-73)88(127-95(110)71-45-25-11-26-46-71)84(78(122-104)64-116-59-6-4-2)133-102-86(125-93(108)69-41-21-9-22-42-69)81(107)82-79(123-102)65-118-99(131-82)75-53-33-15-34-54-75/h7-56,77-92,99-104,107H,3-6,57-66H2,1-2H3/t77?,78?,79?,80?,81?,82-,83-,84-,85-,86+,87?,88?,89?,90+,91+,92+,99?,100?,101-,102+,103+,104+/m1/s1. The summed E-state index contributed by atoms with van der Waals surface area (Å²) in [5.74, 6) is -5.82. The van der Waals surface area contributed by atoms with Crippen LogP contribution in [0.1, 0.15) is 137 Å². The highest BCUT2D eigenvalue weighted by atomic mass is 16.8. The fourth-order valence-electron chi connectivity index (χ4n) is 16.5. The molecule has 0 spiro atoms. The molecule has 22 atom stereocenters. The summed E-state index contributed by atoms with van der Waals surface area (Å²) < 4.78 is 144. The van der Waals surface area contributed by atoms with Crippen LogP contribution >= 0.6 is 0 Å². The summed E-state index contributed by atoms with van der Waals surface area (Å²) in [4.78, 5) is 108. The van der Waals surface area contributed by atoms with E-state index in [1.165, 1.54) is 77.7 Å². The van der Waals surface area contributed by atoms with Crippen molar-refractivity contribution < 1.29 is 138 Å². The Hall–Kier alpha value is -12.3. The minimum atomic E-state index is -2.08. The van der Waals surface area contributed by atoms with Gasteiger partial charge < -0.3 is 109 Å². The molecule has 30 nitrogen and oxygen atoms in total. The van der Waals surface area contributed by atoms with E-state index in [2.05, 4.69) is 0 Å². The van der Waals surface area contributed by atoms with Gasteiger partial charge in [-0.15, -0.1) is 0 Å². The molecule has 6 aliphatic rings. The number of esters is 6.